The van der Waals surface area contributed by atoms with Crippen molar-refractivity contribution in [2.24, 2.45) is 0 Å². The van der Waals surface area contributed by atoms with Gasteiger partial charge >= 0.3 is 6.18 Å². The second-order valence-electron chi connectivity index (χ2n) is 7.34. The number of hydrogen-bond acceptors (Lipinski definition) is 3. The molecule has 0 unspecified atom stereocenters. The minimum atomic E-state index is -4.56. The first-order chi connectivity index (χ1) is 15.1. The van der Waals surface area contributed by atoms with Gasteiger partial charge in [-0.15, -0.1) is 0 Å². The number of nitrogens with zero attached hydrogens (tertiary/aromatic N) is 1. The van der Waals surface area contributed by atoms with Crippen molar-refractivity contribution in [3.63, 3.8) is 0 Å². The van der Waals surface area contributed by atoms with E-state index in [-0.39, 0.29) is 10.6 Å². The van der Waals surface area contributed by atoms with Crippen molar-refractivity contribution in [1.29, 1.82) is 0 Å². The predicted octanol–water partition coefficient (Wildman–Crippen LogP) is 5.08. The monoisotopic (exact) mass is 460 g/mol. The molecule has 1 aliphatic rings. The first-order valence-electron chi connectivity index (χ1n) is 9.83. The van der Waals surface area contributed by atoms with Crippen LogP contribution in [0.4, 0.5) is 24.5 Å². The zero-order chi connectivity index (χ0) is 23.1. The topological polar surface area (TPSA) is 66.5 Å². The van der Waals surface area contributed by atoms with Crippen molar-refractivity contribution in [3.8, 4) is 11.1 Å². The first-order valence-corrected chi connectivity index (χ1v) is 11.3. The Bertz CT molecular complexity index is 1300. The molecule has 5 nitrogen and oxygen atoms in total. The van der Waals surface area contributed by atoms with Gasteiger partial charge in [-0.2, -0.15) is 13.2 Å². The molecule has 1 N–H and O–H groups in total. The van der Waals surface area contributed by atoms with Gasteiger partial charge in [-0.3, -0.25) is 9.10 Å². The van der Waals surface area contributed by atoms with Crippen LogP contribution in [0.1, 0.15) is 18.1 Å². The molecule has 3 aromatic carbocycles. The average molecular weight is 460 g/mol. The van der Waals surface area contributed by atoms with Crippen molar-refractivity contribution < 1.29 is 26.4 Å². The van der Waals surface area contributed by atoms with Crippen molar-refractivity contribution in [2.75, 3.05) is 16.2 Å². The number of alkyl halides is 3. The predicted molar refractivity (Wildman–Crippen MR) is 116 cm³/mol. The van der Waals surface area contributed by atoms with Crippen LogP contribution in [0.3, 0.4) is 0 Å². The minimum Gasteiger partial charge on any atom is -0.325 e. The second-order valence-corrected chi connectivity index (χ2v) is 9.17. The number of rotatable bonds is 4. The van der Waals surface area contributed by atoms with Crippen LogP contribution < -0.4 is 9.62 Å². The smallest absolute Gasteiger partial charge is 0.325 e. The largest absolute Gasteiger partial charge is 0.416 e. The van der Waals surface area contributed by atoms with E-state index in [1.807, 2.05) is 13.0 Å². The standard InChI is InChI=1S/C23H19F3N2O3S/c1-2-15-10-11-20-19(12-15)18-8-3-4-9-21(18)32(30,31)28(20)14-22(29)27-17-7-5-6-16(13-17)23(24,25)26/h3-13H,2,14H2,1H3,(H,27,29). The number of anilines is 2. The number of hydrogen-bond donors (Lipinski definition) is 1. The fourth-order valence-corrected chi connectivity index (χ4v) is 5.32. The molecule has 32 heavy (non-hydrogen) atoms. The highest BCUT2D eigenvalue weighted by Gasteiger charge is 2.36. The molecule has 3 aromatic rings. The van der Waals surface area contributed by atoms with Gasteiger partial charge in [-0.1, -0.05) is 37.3 Å². The van der Waals surface area contributed by atoms with Gasteiger partial charge in [0.15, 0.2) is 0 Å². The van der Waals surface area contributed by atoms with E-state index in [2.05, 4.69) is 5.32 Å². The van der Waals surface area contributed by atoms with Crippen LogP contribution in [-0.4, -0.2) is 20.9 Å². The van der Waals surface area contributed by atoms with Crippen molar-refractivity contribution in [1.82, 2.24) is 0 Å². The highest BCUT2D eigenvalue weighted by atomic mass is 32.2. The summed E-state index contributed by atoms with van der Waals surface area (Å²) in [5, 5.41) is 2.37. The Kier molecular flexibility index (Phi) is 5.46. The molecule has 0 aliphatic carbocycles. The number of carbonyl (C=O) groups is 1. The van der Waals surface area contributed by atoms with Crippen molar-refractivity contribution >= 4 is 27.3 Å². The normalized spacial score (nSPS) is 14.4. The van der Waals surface area contributed by atoms with E-state index in [0.29, 0.717) is 16.8 Å². The molecule has 1 heterocycles. The average Bonchev–Trinajstić information content (AvgIpc) is 2.76. The summed E-state index contributed by atoms with van der Waals surface area (Å²) in [5.41, 5.74) is 1.61. The Morgan fingerprint density at radius 1 is 0.969 bits per heavy atom. The zero-order valence-corrected chi connectivity index (χ0v) is 17.8. The van der Waals surface area contributed by atoms with Crippen LogP contribution in [0, 0.1) is 0 Å². The quantitative estimate of drug-likeness (QED) is 0.590. The molecular formula is C23H19F3N2O3S. The molecule has 166 valence electrons. The Hall–Kier alpha value is -3.33. The summed E-state index contributed by atoms with van der Waals surface area (Å²) >= 11 is 0. The molecule has 0 radical (unpaired) electrons. The molecule has 0 spiro atoms. The van der Waals surface area contributed by atoms with E-state index < -0.39 is 34.2 Å². The lowest BCUT2D eigenvalue weighted by atomic mass is 9.99. The Morgan fingerprint density at radius 3 is 2.44 bits per heavy atom. The molecule has 0 saturated carbocycles. The van der Waals surface area contributed by atoms with Crippen LogP contribution in [-0.2, 0) is 27.4 Å². The van der Waals surface area contributed by atoms with E-state index in [1.165, 1.54) is 18.2 Å². The molecule has 9 heteroatoms. The third-order valence-corrected chi connectivity index (χ3v) is 7.06. The maximum atomic E-state index is 13.3. The van der Waals surface area contributed by atoms with Crippen LogP contribution in [0.2, 0.25) is 0 Å². The summed E-state index contributed by atoms with van der Waals surface area (Å²) in [4.78, 5) is 12.8. The number of amides is 1. The van der Waals surface area contributed by atoms with Crippen LogP contribution in [0.15, 0.2) is 71.6 Å². The summed E-state index contributed by atoms with van der Waals surface area (Å²) in [5.74, 6) is -0.752. The lowest BCUT2D eigenvalue weighted by molar-refractivity contribution is -0.137. The number of fused-ring (bicyclic) bond motifs is 3. The molecule has 0 aromatic heterocycles. The van der Waals surface area contributed by atoms with Gasteiger partial charge < -0.3 is 5.32 Å². The fourth-order valence-electron chi connectivity index (χ4n) is 3.67. The summed E-state index contributed by atoms with van der Waals surface area (Å²) in [6.07, 6.45) is -3.81. The Labute approximate surface area is 183 Å². The molecule has 1 aliphatic heterocycles. The number of sulfonamides is 1. The van der Waals surface area contributed by atoms with Crippen LogP contribution in [0.25, 0.3) is 11.1 Å². The number of benzene rings is 3. The third kappa shape index (κ3) is 3.95. The lowest BCUT2D eigenvalue weighted by Crippen LogP contribution is -2.40. The van der Waals surface area contributed by atoms with Crippen molar-refractivity contribution in [3.05, 3.63) is 77.9 Å². The number of carbonyl (C=O) groups excluding carboxylic acids is 1. The third-order valence-electron chi connectivity index (χ3n) is 5.24. The van der Waals surface area contributed by atoms with Crippen LogP contribution >= 0.6 is 0 Å². The molecule has 1 amide bonds. The SMILES string of the molecule is CCc1ccc2c(c1)-c1ccccc1S(=O)(=O)N2CC(=O)Nc1cccc(C(F)(F)F)c1. The van der Waals surface area contributed by atoms with E-state index in [0.717, 1.165) is 28.4 Å². The fraction of sp³-hybridized carbons (Fsp3) is 0.174. The van der Waals surface area contributed by atoms with Gasteiger partial charge in [0.05, 0.1) is 16.1 Å². The van der Waals surface area contributed by atoms with E-state index in [4.69, 9.17) is 0 Å². The lowest BCUT2D eigenvalue weighted by Gasteiger charge is -2.32. The zero-order valence-electron chi connectivity index (χ0n) is 17.0. The Morgan fingerprint density at radius 2 is 1.72 bits per heavy atom. The van der Waals surface area contributed by atoms with Gasteiger partial charge in [0.25, 0.3) is 10.0 Å². The van der Waals surface area contributed by atoms with Crippen molar-refractivity contribution in [2.45, 2.75) is 24.4 Å². The number of aryl methyl sites for hydroxylation is 1. The number of halogens is 3. The van der Waals surface area contributed by atoms with Gasteiger partial charge in [0.2, 0.25) is 5.91 Å². The minimum absolute atomic E-state index is 0.0683. The van der Waals surface area contributed by atoms with Gasteiger partial charge in [0.1, 0.15) is 6.54 Å². The van der Waals surface area contributed by atoms with E-state index >= 15 is 0 Å². The summed E-state index contributed by atoms with van der Waals surface area (Å²) in [6, 6.07) is 16.1. The summed E-state index contributed by atoms with van der Waals surface area (Å²) < 4.78 is 66.4. The second kappa shape index (κ2) is 7.98. The Balaban J connectivity index is 1.69. The van der Waals surface area contributed by atoms with Gasteiger partial charge in [0, 0.05) is 16.8 Å². The molecule has 0 saturated heterocycles. The summed E-state index contributed by atoms with van der Waals surface area (Å²) in [6.45, 7) is 1.40. The molecule has 4 rings (SSSR count). The highest BCUT2D eigenvalue weighted by Crippen LogP contribution is 2.43. The molecular weight excluding hydrogens is 441 g/mol. The first kappa shape index (κ1) is 21.9. The van der Waals surface area contributed by atoms with Gasteiger partial charge in [-0.25, -0.2) is 8.42 Å². The van der Waals surface area contributed by atoms with Crippen LogP contribution in [0.5, 0.6) is 0 Å². The maximum Gasteiger partial charge on any atom is 0.416 e. The van der Waals surface area contributed by atoms with Gasteiger partial charge in [-0.05, 0) is 48.4 Å². The molecule has 0 fully saturated rings. The maximum absolute atomic E-state index is 13.3. The molecule has 0 bridgehead atoms. The highest BCUT2D eigenvalue weighted by molar-refractivity contribution is 7.93. The van der Waals surface area contributed by atoms with E-state index in [9.17, 15) is 26.4 Å². The summed E-state index contributed by atoms with van der Waals surface area (Å²) in [7, 11) is -4.04. The number of nitrogens with one attached hydrogen (secondary N) is 1. The van der Waals surface area contributed by atoms with E-state index in [1.54, 1.807) is 30.3 Å². The molecule has 0 atom stereocenters.